The lowest BCUT2D eigenvalue weighted by atomic mass is 9.94. The Morgan fingerprint density at radius 1 is 1.24 bits per heavy atom. The molecule has 0 aromatic heterocycles. The fraction of sp³-hybridized carbons (Fsp3) is 0.444. The Balaban J connectivity index is 2.44. The van der Waals surface area contributed by atoms with E-state index in [4.69, 9.17) is 14.2 Å². The van der Waals surface area contributed by atoms with Crippen LogP contribution < -0.4 is 15.4 Å². The molecular weight excluding hydrogens is 324 g/mol. The lowest BCUT2D eigenvalue weighted by molar-refractivity contribution is -0.139. The van der Waals surface area contributed by atoms with Crippen molar-refractivity contribution in [1.82, 2.24) is 10.6 Å². The molecule has 7 nitrogen and oxygen atoms in total. The summed E-state index contributed by atoms with van der Waals surface area (Å²) in [6, 6.07) is 4.53. The van der Waals surface area contributed by atoms with E-state index >= 15 is 0 Å². The number of ether oxygens (including phenoxy) is 3. The molecule has 2 amide bonds. The summed E-state index contributed by atoms with van der Waals surface area (Å²) >= 11 is 0. The van der Waals surface area contributed by atoms with E-state index in [1.807, 2.05) is 19.1 Å². The molecule has 25 heavy (non-hydrogen) atoms. The number of nitrogens with one attached hydrogen (secondary N) is 2. The minimum Gasteiger partial charge on any atom is -0.496 e. The van der Waals surface area contributed by atoms with E-state index in [9.17, 15) is 9.59 Å². The summed E-state index contributed by atoms with van der Waals surface area (Å²) in [6.45, 7) is 6.55. The van der Waals surface area contributed by atoms with Gasteiger partial charge in [0.2, 0.25) is 0 Å². The van der Waals surface area contributed by atoms with E-state index in [2.05, 4.69) is 10.6 Å². The first-order valence-corrected chi connectivity index (χ1v) is 8.21. The van der Waals surface area contributed by atoms with E-state index in [0.29, 0.717) is 30.2 Å². The van der Waals surface area contributed by atoms with Gasteiger partial charge in [0.25, 0.3) is 0 Å². The van der Waals surface area contributed by atoms with Crippen LogP contribution in [0.1, 0.15) is 37.9 Å². The lowest BCUT2D eigenvalue weighted by Crippen LogP contribution is -2.45. The maximum atomic E-state index is 12.4. The Kier molecular flexibility index (Phi) is 6.41. The lowest BCUT2D eigenvalue weighted by Gasteiger charge is -2.28. The molecule has 1 aromatic rings. The molecule has 0 spiro atoms. The van der Waals surface area contributed by atoms with Gasteiger partial charge >= 0.3 is 12.0 Å². The van der Waals surface area contributed by atoms with Crippen LogP contribution >= 0.6 is 0 Å². The molecule has 1 aromatic carbocycles. The fourth-order valence-corrected chi connectivity index (χ4v) is 2.73. The van der Waals surface area contributed by atoms with Gasteiger partial charge in [0, 0.05) is 17.9 Å². The van der Waals surface area contributed by atoms with E-state index in [1.54, 1.807) is 27.0 Å². The molecule has 0 unspecified atom stereocenters. The largest absolute Gasteiger partial charge is 0.496 e. The van der Waals surface area contributed by atoms with Crippen molar-refractivity contribution in [2.45, 2.75) is 33.4 Å². The molecular formula is C18H24N2O5. The molecule has 136 valence electrons. The third-order valence-corrected chi connectivity index (χ3v) is 3.86. The number of hydrogen-bond donors (Lipinski definition) is 2. The molecule has 1 aliphatic heterocycles. The summed E-state index contributed by atoms with van der Waals surface area (Å²) in [6.07, 6.45) is 0. The maximum Gasteiger partial charge on any atom is 0.338 e. The van der Waals surface area contributed by atoms with E-state index in [1.165, 1.54) is 0 Å². The normalized spacial score (nSPS) is 17.0. The fourth-order valence-electron chi connectivity index (χ4n) is 2.73. The highest BCUT2D eigenvalue weighted by atomic mass is 16.5. The first-order chi connectivity index (χ1) is 12.0. The Morgan fingerprint density at radius 2 is 2.00 bits per heavy atom. The average molecular weight is 348 g/mol. The van der Waals surface area contributed by atoms with Crippen LogP contribution in [0.4, 0.5) is 4.79 Å². The molecule has 0 aliphatic carbocycles. The molecule has 0 saturated heterocycles. The van der Waals surface area contributed by atoms with Crippen molar-refractivity contribution in [3.8, 4) is 5.75 Å². The van der Waals surface area contributed by atoms with Crippen LogP contribution in [0, 0.1) is 0 Å². The van der Waals surface area contributed by atoms with Crippen molar-refractivity contribution in [3.63, 3.8) is 0 Å². The van der Waals surface area contributed by atoms with Crippen LogP contribution in [0.5, 0.6) is 5.75 Å². The van der Waals surface area contributed by atoms with Crippen molar-refractivity contribution in [1.29, 1.82) is 0 Å². The van der Waals surface area contributed by atoms with Crippen LogP contribution in [0.25, 0.3) is 0 Å². The summed E-state index contributed by atoms with van der Waals surface area (Å²) in [4.78, 5) is 24.3. The molecule has 0 fully saturated rings. The highest BCUT2D eigenvalue weighted by Gasteiger charge is 2.32. The van der Waals surface area contributed by atoms with Gasteiger partial charge in [0.05, 0.1) is 31.9 Å². The van der Waals surface area contributed by atoms with Crippen LogP contribution in [0.15, 0.2) is 29.5 Å². The van der Waals surface area contributed by atoms with E-state index in [0.717, 1.165) is 11.1 Å². The van der Waals surface area contributed by atoms with Gasteiger partial charge in [-0.15, -0.1) is 0 Å². The number of carbonyl (C=O) groups is 2. The van der Waals surface area contributed by atoms with Crippen LogP contribution in [0.2, 0.25) is 0 Å². The van der Waals surface area contributed by atoms with E-state index in [-0.39, 0.29) is 12.6 Å². The summed E-state index contributed by atoms with van der Waals surface area (Å²) in [5.41, 5.74) is 2.46. The Hall–Kier alpha value is -2.54. The van der Waals surface area contributed by atoms with Gasteiger partial charge in [-0.05, 0) is 38.5 Å². The predicted octanol–water partition coefficient (Wildman–Crippen LogP) is 2.42. The molecule has 1 atom stereocenters. The second kappa shape index (κ2) is 8.53. The van der Waals surface area contributed by atoms with Crippen LogP contribution in [-0.2, 0) is 20.9 Å². The second-order valence-electron chi connectivity index (χ2n) is 5.50. The standard InChI is InChI=1S/C18H24N2O5/c1-5-24-10-13-9-12(7-8-14(13)23-4)16-15(17(21)25-6-2)11(3)19-18(22)20-16/h7-9,16H,5-6,10H2,1-4H3,(H2,19,20,22)/t16-/m1/s1. The molecule has 1 heterocycles. The van der Waals surface area contributed by atoms with Gasteiger partial charge in [-0.1, -0.05) is 6.07 Å². The minimum absolute atomic E-state index is 0.258. The zero-order valence-corrected chi connectivity index (χ0v) is 15.0. The van der Waals surface area contributed by atoms with Gasteiger partial charge in [-0.2, -0.15) is 0 Å². The quantitative estimate of drug-likeness (QED) is 0.739. The van der Waals surface area contributed by atoms with Gasteiger partial charge in [0.1, 0.15) is 5.75 Å². The molecule has 0 radical (unpaired) electrons. The third kappa shape index (κ3) is 4.30. The van der Waals surface area contributed by atoms with Gasteiger partial charge < -0.3 is 24.8 Å². The number of urea groups is 1. The number of esters is 1. The van der Waals surface area contributed by atoms with Crippen molar-refractivity contribution in [3.05, 3.63) is 40.6 Å². The highest BCUT2D eigenvalue weighted by molar-refractivity contribution is 5.95. The van der Waals surface area contributed by atoms with Crippen molar-refractivity contribution in [2.24, 2.45) is 0 Å². The molecule has 0 saturated carbocycles. The molecule has 2 N–H and O–H groups in total. The Bertz CT molecular complexity index is 684. The Morgan fingerprint density at radius 3 is 2.64 bits per heavy atom. The zero-order valence-electron chi connectivity index (χ0n) is 15.0. The van der Waals surface area contributed by atoms with Crippen molar-refractivity contribution >= 4 is 12.0 Å². The summed E-state index contributed by atoms with van der Waals surface area (Å²) in [5.74, 6) is 0.232. The van der Waals surface area contributed by atoms with Crippen molar-refractivity contribution < 1.29 is 23.8 Å². The molecule has 2 rings (SSSR count). The van der Waals surface area contributed by atoms with Crippen molar-refractivity contribution in [2.75, 3.05) is 20.3 Å². The van der Waals surface area contributed by atoms with E-state index < -0.39 is 12.0 Å². The summed E-state index contributed by atoms with van der Waals surface area (Å²) in [5, 5.41) is 5.40. The number of methoxy groups -OCH3 is 1. The highest BCUT2D eigenvalue weighted by Crippen LogP contribution is 2.31. The van der Waals surface area contributed by atoms with Gasteiger partial charge in [-0.3, -0.25) is 0 Å². The molecule has 1 aliphatic rings. The number of carbonyl (C=O) groups excluding carboxylic acids is 2. The SMILES string of the molecule is CCOCc1cc([C@H]2NC(=O)NC(C)=C2C(=O)OCC)ccc1OC. The maximum absolute atomic E-state index is 12.4. The monoisotopic (exact) mass is 348 g/mol. The summed E-state index contributed by atoms with van der Waals surface area (Å²) in [7, 11) is 1.59. The minimum atomic E-state index is -0.598. The summed E-state index contributed by atoms with van der Waals surface area (Å²) < 4.78 is 16.0. The number of hydrogen-bond acceptors (Lipinski definition) is 5. The molecule has 7 heteroatoms. The number of amides is 2. The second-order valence-corrected chi connectivity index (χ2v) is 5.50. The smallest absolute Gasteiger partial charge is 0.338 e. The number of rotatable bonds is 7. The van der Waals surface area contributed by atoms with Crippen LogP contribution in [0.3, 0.4) is 0 Å². The Labute approximate surface area is 147 Å². The zero-order chi connectivity index (χ0) is 18.4. The number of allylic oxidation sites excluding steroid dienone is 1. The topological polar surface area (TPSA) is 85.9 Å². The third-order valence-electron chi connectivity index (χ3n) is 3.86. The first-order valence-electron chi connectivity index (χ1n) is 8.21. The van der Waals surface area contributed by atoms with Gasteiger partial charge in [0.15, 0.2) is 0 Å². The van der Waals surface area contributed by atoms with Crippen LogP contribution in [-0.4, -0.2) is 32.3 Å². The average Bonchev–Trinajstić information content (AvgIpc) is 2.59. The predicted molar refractivity (Wildman–Crippen MR) is 92.1 cm³/mol. The number of benzene rings is 1. The first kappa shape index (κ1) is 18.8. The van der Waals surface area contributed by atoms with Gasteiger partial charge in [-0.25, -0.2) is 9.59 Å². The molecule has 0 bridgehead atoms.